The Bertz CT molecular complexity index is 373. The number of unbranched alkanes of at least 4 members (excludes halogenated alkanes) is 1. The predicted octanol–water partition coefficient (Wildman–Crippen LogP) is 4.89. The molecule has 0 bridgehead atoms. The molecule has 0 aromatic carbocycles. The summed E-state index contributed by atoms with van der Waals surface area (Å²) in [5, 5.41) is 0. The molecule has 17 heavy (non-hydrogen) atoms. The van der Waals surface area contributed by atoms with Crippen LogP contribution in [0.2, 0.25) is 0 Å². The second kappa shape index (κ2) is 6.05. The lowest BCUT2D eigenvalue weighted by Crippen LogP contribution is -2.12. The van der Waals surface area contributed by atoms with E-state index in [2.05, 4.69) is 19.9 Å². The zero-order chi connectivity index (χ0) is 12.3. The predicted molar refractivity (Wildman–Crippen MR) is 77.0 cm³/mol. The van der Waals surface area contributed by atoms with Crippen molar-refractivity contribution in [3.8, 4) is 0 Å². The second-order valence-electron chi connectivity index (χ2n) is 4.66. The average molecular weight is 268 g/mol. The number of fused-ring (bicyclic) bond motifs is 1. The zero-order valence-electron chi connectivity index (χ0n) is 10.6. The van der Waals surface area contributed by atoms with Crippen LogP contribution < -0.4 is 0 Å². The van der Waals surface area contributed by atoms with Crippen LogP contribution in [0.3, 0.4) is 0 Å². The number of thiophene rings is 1. The lowest BCUT2D eigenvalue weighted by atomic mass is 9.94. The van der Waals surface area contributed by atoms with Crippen LogP contribution in [0.25, 0.3) is 0 Å². The topological polar surface area (TPSA) is 17.1 Å². The van der Waals surface area contributed by atoms with Crippen LogP contribution in [0.15, 0.2) is 6.07 Å². The summed E-state index contributed by atoms with van der Waals surface area (Å²) in [7, 11) is 0. The molecule has 1 aromatic heterocycles. The van der Waals surface area contributed by atoms with E-state index < -0.39 is 0 Å². The quantitative estimate of drug-likeness (QED) is 0.683. The van der Waals surface area contributed by atoms with Gasteiger partial charge >= 0.3 is 0 Å². The SMILES string of the molecule is CCCC[C@H](CC)C(=O)c1cc2c(s1)CSC2. The fourth-order valence-corrected chi connectivity index (χ4v) is 4.78. The van der Waals surface area contributed by atoms with Crippen molar-refractivity contribution in [3.05, 3.63) is 21.4 Å². The number of rotatable bonds is 6. The van der Waals surface area contributed by atoms with Gasteiger partial charge in [-0.05, 0) is 24.5 Å². The Kier molecular flexibility index (Phi) is 4.69. The summed E-state index contributed by atoms with van der Waals surface area (Å²) < 4.78 is 0. The van der Waals surface area contributed by atoms with E-state index in [9.17, 15) is 4.79 Å². The first kappa shape index (κ1) is 13.2. The Morgan fingerprint density at radius 2 is 2.24 bits per heavy atom. The summed E-state index contributed by atoms with van der Waals surface area (Å²) in [6, 6.07) is 2.15. The number of Topliss-reactive ketones (excluding diaryl/α,β-unsaturated/α-hetero) is 1. The van der Waals surface area contributed by atoms with Gasteiger partial charge in [0.15, 0.2) is 5.78 Å². The summed E-state index contributed by atoms with van der Waals surface area (Å²) >= 11 is 3.69. The van der Waals surface area contributed by atoms with Crippen molar-refractivity contribution in [1.29, 1.82) is 0 Å². The molecule has 1 atom stereocenters. The fourth-order valence-electron chi connectivity index (χ4n) is 2.26. The lowest BCUT2D eigenvalue weighted by Gasteiger charge is -2.11. The maximum Gasteiger partial charge on any atom is 0.175 e. The first-order chi connectivity index (χ1) is 8.26. The number of hydrogen-bond acceptors (Lipinski definition) is 3. The van der Waals surface area contributed by atoms with Gasteiger partial charge in [0, 0.05) is 22.3 Å². The van der Waals surface area contributed by atoms with E-state index in [1.54, 1.807) is 11.3 Å². The molecule has 1 aromatic rings. The molecule has 0 unspecified atom stereocenters. The van der Waals surface area contributed by atoms with Gasteiger partial charge in [0.05, 0.1) is 4.88 Å². The minimum absolute atomic E-state index is 0.251. The largest absolute Gasteiger partial charge is 0.293 e. The van der Waals surface area contributed by atoms with Crippen LogP contribution in [0.1, 0.15) is 59.6 Å². The number of carbonyl (C=O) groups is 1. The number of ketones is 1. The standard InChI is InChI=1S/C14H20OS2/c1-3-5-6-10(4-2)14(15)12-7-11-8-16-9-13(11)17-12/h7,10H,3-6,8-9H2,1-2H3/t10-/m0/s1. The Balaban J connectivity index is 2.06. The highest BCUT2D eigenvalue weighted by molar-refractivity contribution is 7.98. The monoisotopic (exact) mass is 268 g/mol. The highest BCUT2D eigenvalue weighted by Crippen LogP contribution is 2.37. The average Bonchev–Trinajstić information content (AvgIpc) is 2.89. The van der Waals surface area contributed by atoms with Gasteiger partial charge in [0.25, 0.3) is 0 Å². The van der Waals surface area contributed by atoms with Gasteiger partial charge in [-0.15, -0.1) is 11.3 Å². The van der Waals surface area contributed by atoms with Crippen molar-refractivity contribution in [1.82, 2.24) is 0 Å². The third-order valence-corrected chi connectivity index (χ3v) is 5.78. The molecule has 0 saturated carbocycles. The highest BCUT2D eigenvalue weighted by Gasteiger charge is 2.23. The summed E-state index contributed by atoms with van der Waals surface area (Å²) in [5.74, 6) is 2.86. The van der Waals surface area contributed by atoms with Crippen molar-refractivity contribution in [2.24, 2.45) is 5.92 Å². The fraction of sp³-hybridized carbons (Fsp3) is 0.643. The van der Waals surface area contributed by atoms with Gasteiger partial charge in [-0.1, -0.05) is 26.7 Å². The first-order valence-electron chi connectivity index (χ1n) is 6.49. The van der Waals surface area contributed by atoms with Crippen molar-refractivity contribution in [2.75, 3.05) is 0 Å². The van der Waals surface area contributed by atoms with Gasteiger partial charge < -0.3 is 0 Å². The van der Waals surface area contributed by atoms with Crippen molar-refractivity contribution in [2.45, 2.75) is 51.0 Å². The molecular weight excluding hydrogens is 248 g/mol. The molecule has 0 N–H and O–H groups in total. The molecule has 3 heteroatoms. The maximum atomic E-state index is 12.4. The normalized spacial score (nSPS) is 15.9. The molecule has 0 radical (unpaired) electrons. The number of carbonyl (C=O) groups excluding carboxylic acids is 1. The van der Waals surface area contributed by atoms with E-state index in [4.69, 9.17) is 0 Å². The van der Waals surface area contributed by atoms with Crippen molar-refractivity contribution in [3.63, 3.8) is 0 Å². The van der Waals surface area contributed by atoms with E-state index in [0.717, 1.165) is 29.2 Å². The highest BCUT2D eigenvalue weighted by atomic mass is 32.2. The van der Waals surface area contributed by atoms with E-state index in [-0.39, 0.29) is 5.92 Å². The van der Waals surface area contributed by atoms with Gasteiger partial charge in [0.1, 0.15) is 0 Å². The Hall–Kier alpha value is -0.280. The maximum absolute atomic E-state index is 12.4. The van der Waals surface area contributed by atoms with Gasteiger partial charge in [-0.2, -0.15) is 11.8 Å². The summed E-state index contributed by atoms with van der Waals surface area (Å²) in [5.41, 5.74) is 1.41. The van der Waals surface area contributed by atoms with Crippen molar-refractivity contribution >= 4 is 28.9 Å². The van der Waals surface area contributed by atoms with E-state index in [1.165, 1.54) is 23.3 Å². The lowest BCUT2D eigenvalue weighted by molar-refractivity contribution is 0.0912. The summed E-state index contributed by atoms with van der Waals surface area (Å²) in [6.45, 7) is 4.32. The first-order valence-corrected chi connectivity index (χ1v) is 8.46. The summed E-state index contributed by atoms with van der Waals surface area (Å²) in [6.07, 6.45) is 4.39. The van der Waals surface area contributed by atoms with Crippen LogP contribution in [-0.2, 0) is 11.5 Å². The second-order valence-corrected chi connectivity index (χ2v) is 6.79. The third kappa shape index (κ3) is 2.94. The van der Waals surface area contributed by atoms with Gasteiger partial charge in [-0.3, -0.25) is 4.79 Å². The third-order valence-electron chi connectivity index (χ3n) is 3.40. The van der Waals surface area contributed by atoms with Crippen LogP contribution in [0, 0.1) is 5.92 Å². The molecule has 0 amide bonds. The van der Waals surface area contributed by atoms with Gasteiger partial charge in [0.2, 0.25) is 0 Å². The smallest absolute Gasteiger partial charge is 0.175 e. The molecule has 1 aliphatic rings. The van der Waals surface area contributed by atoms with E-state index >= 15 is 0 Å². The zero-order valence-corrected chi connectivity index (χ0v) is 12.3. The molecule has 1 nitrogen and oxygen atoms in total. The summed E-state index contributed by atoms with van der Waals surface area (Å²) in [4.78, 5) is 14.8. The molecule has 0 spiro atoms. The van der Waals surface area contributed by atoms with Crippen LogP contribution in [0.4, 0.5) is 0 Å². The molecular formula is C14H20OS2. The minimum atomic E-state index is 0.251. The Morgan fingerprint density at radius 3 is 2.88 bits per heavy atom. The Morgan fingerprint density at radius 1 is 1.41 bits per heavy atom. The molecule has 94 valence electrons. The number of hydrogen-bond donors (Lipinski definition) is 0. The minimum Gasteiger partial charge on any atom is -0.293 e. The Labute approximate surface area is 112 Å². The molecule has 2 rings (SSSR count). The molecule has 0 fully saturated rings. The number of thioether (sulfide) groups is 1. The van der Waals surface area contributed by atoms with E-state index in [0.29, 0.717) is 5.78 Å². The van der Waals surface area contributed by atoms with E-state index in [1.807, 2.05) is 11.8 Å². The van der Waals surface area contributed by atoms with Crippen molar-refractivity contribution < 1.29 is 4.79 Å². The van der Waals surface area contributed by atoms with Crippen LogP contribution in [-0.4, -0.2) is 5.78 Å². The molecule has 0 saturated heterocycles. The van der Waals surface area contributed by atoms with Crippen LogP contribution >= 0.6 is 23.1 Å². The molecule has 0 aliphatic carbocycles. The molecule has 2 heterocycles. The van der Waals surface area contributed by atoms with Gasteiger partial charge in [-0.25, -0.2) is 0 Å². The molecule has 1 aliphatic heterocycles. The van der Waals surface area contributed by atoms with Crippen LogP contribution in [0.5, 0.6) is 0 Å².